The molecule has 0 heterocycles. The number of hydrogen-bond donors (Lipinski definition) is 0. The average molecular weight is 184 g/mol. The van der Waals surface area contributed by atoms with E-state index in [0.717, 1.165) is 22.2 Å². The first-order valence-corrected chi connectivity index (χ1v) is 5.69. The van der Waals surface area contributed by atoms with E-state index in [4.69, 9.17) is 0 Å². The highest BCUT2D eigenvalue weighted by atomic mass is 15.3. The largest absolute Gasteiger partial charge is 0.331 e. The Bertz CT molecular complexity index is 157. The first-order chi connectivity index (χ1) is 5.88. The average Bonchev–Trinajstić information content (AvgIpc) is 1.93. The molecule has 0 spiro atoms. The van der Waals surface area contributed by atoms with Crippen LogP contribution >= 0.6 is 0 Å². The summed E-state index contributed by atoms with van der Waals surface area (Å²) >= 11 is 0. The van der Waals surface area contributed by atoms with E-state index in [1.807, 2.05) is 0 Å². The summed E-state index contributed by atoms with van der Waals surface area (Å²) in [6, 6.07) is 0. The van der Waals surface area contributed by atoms with E-state index in [0.29, 0.717) is 0 Å². The topological polar surface area (TPSA) is 0 Å². The van der Waals surface area contributed by atoms with E-state index < -0.39 is 0 Å². The van der Waals surface area contributed by atoms with Gasteiger partial charge in [-0.05, 0) is 24.7 Å². The van der Waals surface area contributed by atoms with Gasteiger partial charge in [-0.15, -0.1) is 0 Å². The van der Waals surface area contributed by atoms with Crippen LogP contribution in [0.25, 0.3) is 0 Å². The minimum Gasteiger partial charge on any atom is -0.331 e. The Morgan fingerprint density at radius 1 is 1.08 bits per heavy atom. The fraction of sp³-hybridized carbons (Fsp3) is 1.00. The molecule has 3 atom stereocenters. The van der Waals surface area contributed by atoms with Crippen molar-refractivity contribution in [2.45, 2.75) is 33.1 Å². The first kappa shape index (κ1) is 11.0. The minimum atomic E-state index is 0.945. The van der Waals surface area contributed by atoms with Crippen LogP contribution in [0, 0.1) is 17.8 Å². The highest BCUT2D eigenvalue weighted by Gasteiger charge is 2.29. The molecule has 0 N–H and O–H groups in total. The smallest absolute Gasteiger partial charge is 0.0811 e. The van der Waals surface area contributed by atoms with Crippen molar-refractivity contribution in [3.05, 3.63) is 0 Å². The Labute approximate surface area is 83.7 Å². The summed E-state index contributed by atoms with van der Waals surface area (Å²) in [6.07, 6.45) is 4.36. The van der Waals surface area contributed by atoms with Crippen molar-refractivity contribution in [2.24, 2.45) is 17.8 Å². The fourth-order valence-corrected chi connectivity index (χ4v) is 2.70. The van der Waals surface area contributed by atoms with Crippen molar-refractivity contribution in [1.82, 2.24) is 0 Å². The molecule has 1 aliphatic carbocycles. The molecule has 13 heavy (non-hydrogen) atoms. The molecule has 1 aliphatic rings. The maximum absolute atomic E-state index is 2.44. The first-order valence-electron chi connectivity index (χ1n) is 5.69. The third kappa shape index (κ3) is 3.68. The monoisotopic (exact) mass is 184 g/mol. The van der Waals surface area contributed by atoms with Gasteiger partial charge in [0.15, 0.2) is 0 Å². The van der Waals surface area contributed by atoms with Gasteiger partial charge in [-0.25, -0.2) is 0 Å². The summed E-state index contributed by atoms with van der Waals surface area (Å²) in [7, 11) is 6.93. The maximum Gasteiger partial charge on any atom is 0.0811 e. The molecule has 0 radical (unpaired) electrons. The zero-order valence-corrected chi connectivity index (χ0v) is 10.0. The van der Waals surface area contributed by atoms with Gasteiger partial charge in [0.2, 0.25) is 0 Å². The second-order valence-corrected chi connectivity index (χ2v) is 6.13. The van der Waals surface area contributed by atoms with Gasteiger partial charge in [0.1, 0.15) is 0 Å². The summed E-state index contributed by atoms with van der Waals surface area (Å²) in [5.74, 6) is 2.89. The van der Waals surface area contributed by atoms with Gasteiger partial charge in [-0.2, -0.15) is 0 Å². The van der Waals surface area contributed by atoms with Crippen LogP contribution < -0.4 is 0 Å². The van der Waals surface area contributed by atoms with Gasteiger partial charge in [0, 0.05) is 5.92 Å². The molecule has 1 heteroatoms. The molecule has 1 fully saturated rings. The molecule has 0 aromatic heterocycles. The van der Waals surface area contributed by atoms with Gasteiger partial charge in [-0.1, -0.05) is 20.3 Å². The number of nitrogens with zero attached hydrogens (tertiary/aromatic N) is 1. The van der Waals surface area contributed by atoms with Crippen molar-refractivity contribution in [2.75, 3.05) is 27.7 Å². The molecule has 3 unspecified atom stereocenters. The second-order valence-electron chi connectivity index (χ2n) is 6.13. The molecule has 0 aromatic rings. The van der Waals surface area contributed by atoms with Crippen LogP contribution in [0.4, 0.5) is 0 Å². The molecule has 1 nitrogen and oxygen atoms in total. The lowest BCUT2D eigenvalue weighted by Gasteiger charge is -2.37. The molecule has 0 amide bonds. The van der Waals surface area contributed by atoms with Crippen molar-refractivity contribution in [3.8, 4) is 0 Å². The standard InChI is InChI=1S/C12H26N/c1-10-6-7-12(11(2)8-10)9-13(3,4)5/h10-12H,6-9H2,1-5H3/q+1. The van der Waals surface area contributed by atoms with Gasteiger partial charge in [-0.3, -0.25) is 0 Å². The Morgan fingerprint density at radius 2 is 1.69 bits per heavy atom. The Balaban J connectivity index is 2.43. The number of rotatable bonds is 2. The summed E-state index contributed by atoms with van der Waals surface area (Å²) in [5.41, 5.74) is 0. The quantitative estimate of drug-likeness (QED) is 0.579. The molecular formula is C12H26N+. The van der Waals surface area contributed by atoms with Crippen molar-refractivity contribution in [3.63, 3.8) is 0 Å². The van der Waals surface area contributed by atoms with Crippen LogP contribution in [0.15, 0.2) is 0 Å². The highest BCUT2D eigenvalue weighted by Crippen LogP contribution is 2.34. The summed E-state index contributed by atoms with van der Waals surface area (Å²) in [4.78, 5) is 0. The molecule has 78 valence electrons. The van der Waals surface area contributed by atoms with Crippen LogP contribution in [-0.4, -0.2) is 32.2 Å². The SMILES string of the molecule is CC1CCC(C[N+](C)(C)C)C(C)C1. The van der Waals surface area contributed by atoms with Crippen LogP contribution in [0.2, 0.25) is 0 Å². The van der Waals surface area contributed by atoms with Gasteiger partial charge in [0.25, 0.3) is 0 Å². The maximum atomic E-state index is 2.44. The predicted octanol–water partition coefficient (Wildman–Crippen LogP) is 2.76. The van der Waals surface area contributed by atoms with Crippen LogP contribution in [0.3, 0.4) is 0 Å². The zero-order chi connectivity index (χ0) is 10.1. The van der Waals surface area contributed by atoms with E-state index in [1.165, 1.54) is 25.8 Å². The Morgan fingerprint density at radius 3 is 2.15 bits per heavy atom. The summed E-state index contributed by atoms with van der Waals surface area (Å²) < 4.78 is 1.13. The van der Waals surface area contributed by atoms with Crippen LogP contribution in [0.1, 0.15) is 33.1 Å². The number of quaternary nitrogens is 1. The van der Waals surface area contributed by atoms with Crippen LogP contribution in [-0.2, 0) is 0 Å². The van der Waals surface area contributed by atoms with E-state index in [1.54, 1.807) is 0 Å². The summed E-state index contributed by atoms with van der Waals surface area (Å²) in [6.45, 7) is 6.20. The van der Waals surface area contributed by atoms with Crippen LogP contribution in [0.5, 0.6) is 0 Å². The van der Waals surface area contributed by atoms with E-state index in [-0.39, 0.29) is 0 Å². The molecule has 0 aromatic carbocycles. The lowest BCUT2D eigenvalue weighted by Crippen LogP contribution is -2.42. The lowest BCUT2D eigenvalue weighted by molar-refractivity contribution is -0.874. The Kier molecular flexibility index (Phi) is 3.39. The lowest BCUT2D eigenvalue weighted by atomic mass is 9.75. The van der Waals surface area contributed by atoms with Gasteiger partial charge in [0.05, 0.1) is 27.7 Å². The minimum absolute atomic E-state index is 0.945. The van der Waals surface area contributed by atoms with Crippen molar-refractivity contribution in [1.29, 1.82) is 0 Å². The zero-order valence-electron chi connectivity index (χ0n) is 10.0. The number of hydrogen-bond acceptors (Lipinski definition) is 0. The predicted molar refractivity (Wildman–Crippen MR) is 58.6 cm³/mol. The molecule has 1 saturated carbocycles. The van der Waals surface area contributed by atoms with Gasteiger partial charge >= 0.3 is 0 Å². The second kappa shape index (κ2) is 4.00. The fourth-order valence-electron chi connectivity index (χ4n) is 2.70. The molecule has 0 aliphatic heterocycles. The highest BCUT2D eigenvalue weighted by molar-refractivity contribution is 4.75. The van der Waals surface area contributed by atoms with Gasteiger partial charge < -0.3 is 4.48 Å². The normalized spacial score (nSPS) is 36.2. The van der Waals surface area contributed by atoms with Crippen molar-refractivity contribution < 1.29 is 4.48 Å². The summed E-state index contributed by atoms with van der Waals surface area (Å²) in [5, 5.41) is 0. The Hall–Kier alpha value is -0.0400. The third-order valence-corrected chi connectivity index (χ3v) is 3.39. The van der Waals surface area contributed by atoms with E-state index >= 15 is 0 Å². The van der Waals surface area contributed by atoms with E-state index in [9.17, 15) is 0 Å². The molecule has 0 bridgehead atoms. The molecular weight excluding hydrogens is 158 g/mol. The molecule has 1 rings (SSSR count). The third-order valence-electron chi connectivity index (χ3n) is 3.39. The van der Waals surface area contributed by atoms with Crippen molar-refractivity contribution >= 4 is 0 Å². The molecule has 0 saturated heterocycles. The van der Waals surface area contributed by atoms with E-state index in [2.05, 4.69) is 35.0 Å².